The fraction of sp³-hybridized carbons (Fsp3) is 0.133. The van der Waals surface area contributed by atoms with Gasteiger partial charge in [-0.25, -0.2) is 0 Å². The van der Waals surface area contributed by atoms with E-state index in [4.69, 9.17) is 21.1 Å². The van der Waals surface area contributed by atoms with Gasteiger partial charge in [-0.1, -0.05) is 17.7 Å². The van der Waals surface area contributed by atoms with Gasteiger partial charge < -0.3 is 14.8 Å². The number of thiophene rings is 1. The number of benzene rings is 1. The second-order valence-corrected chi connectivity index (χ2v) is 5.41. The van der Waals surface area contributed by atoms with Crippen molar-refractivity contribution in [2.24, 2.45) is 0 Å². The number of methoxy groups -OCH3 is 2. The fourth-order valence-corrected chi connectivity index (χ4v) is 2.53. The third kappa shape index (κ3) is 4.00. The van der Waals surface area contributed by atoms with Crippen LogP contribution in [0.5, 0.6) is 11.5 Å². The van der Waals surface area contributed by atoms with E-state index in [0.717, 1.165) is 4.88 Å². The summed E-state index contributed by atoms with van der Waals surface area (Å²) in [6.07, 6.45) is 3.21. The van der Waals surface area contributed by atoms with Crippen LogP contribution in [0.4, 0.5) is 5.69 Å². The number of carbonyl (C=O) groups is 1. The number of nitrogens with one attached hydrogen (secondary N) is 1. The topological polar surface area (TPSA) is 47.6 Å². The van der Waals surface area contributed by atoms with Gasteiger partial charge >= 0.3 is 0 Å². The second kappa shape index (κ2) is 7.15. The van der Waals surface area contributed by atoms with Crippen LogP contribution < -0.4 is 14.8 Å². The van der Waals surface area contributed by atoms with Crippen molar-refractivity contribution in [1.29, 1.82) is 0 Å². The van der Waals surface area contributed by atoms with Gasteiger partial charge in [-0.2, -0.15) is 0 Å². The quantitative estimate of drug-likeness (QED) is 0.844. The van der Waals surface area contributed by atoms with Crippen LogP contribution in [0.3, 0.4) is 0 Å². The third-order valence-corrected chi connectivity index (χ3v) is 3.81. The molecule has 0 bridgehead atoms. The number of hydrogen-bond acceptors (Lipinski definition) is 4. The van der Waals surface area contributed by atoms with Gasteiger partial charge in [0.25, 0.3) is 0 Å². The van der Waals surface area contributed by atoms with Gasteiger partial charge in [0.05, 0.1) is 24.9 Å². The molecule has 1 N–H and O–H groups in total. The molecule has 0 spiro atoms. The molecular formula is C15H14ClNO3S. The Morgan fingerprint density at radius 1 is 1.29 bits per heavy atom. The van der Waals surface area contributed by atoms with E-state index in [0.29, 0.717) is 22.2 Å². The molecule has 0 aliphatic rings. The van der Waals surface area contributed by atoms with E-state index in [-0.39, 0.29) is 5.91 Å². The Hall–Kier alpha value is -1.98. The summed E-state index contributed by atoms with van der Waals surface area (Å²) in [4.78, 5) is 12.9. The lowest BCUT2D eigenvalue weighted by molar-refractivity contribution is -0.111. The molecule has 0 aliphatic heterocycles. The van der Waals surface area contributed by atoms with Crippen molar-refractivity contribution in [3.05, 3.63) is 45.6 Å². The Morgan fingerprint density at radius 2 is 2.05 bits per heavy atom. The molecule has 1 aromatic heterocycles. The van der Waals surface area contributed by atoms with E-state index in [1.165, 1.54) is 20.3 Å². The molecule has 2 rings (SSSR count). The van der Waals surface area contributed by atoms with E-state index < -0.39 is 0 Å². The molecule has 0 atom stereocenters. The van der Waals surface area contributed by atoms with Gasteiger partial charge in [-0.05, 0) is 17.5 Å². The van der Waals surface area contributed by atoms with Gasteiger partial charge in [0, 0.05) is 23.1 Å². The molecule has 0 aliphatic carbocycles. The summed E-state index contributed by atoms with van der Waals surface area (Å²) in [6.45, 7) is 0. The highest BCUT2D eigenvalue weighted by Gasteiger charge is 2.11. The first-order chi connectivity index (χ1) is 10.1. The van der Waals surface area contributed by atoms with Crippen LogP contribution >= 0.6 is 22.9 Å². The second-order valence-electron chi connectivity index (χ2n) is 4.03. The molecule has 1 aromatic carbocycles. The van der Waals surface area contributed by atoms with Crippen molar-refractivity contribution in [1.82, 2.24) is 0 Å². The van der Waals surface area contributed by atoms with Gasteiger partial charge in [-0.3, -0.25) is 4.79 Å². The number of halogens is 1. The molecule has 21 heavy (non-hydrogen) atoms. The minimum atomic E-state index is -0.258. The van der Waals surface area contributed by atoms with E-state index in [1.807, 2.05) is 17.5 Å². The van der Waals surface area contributed by atoms with Crippen LogP contribution in [-0.2, 0) is 4.79 Å². The highest BCUT2D eigenvalue weighted by atomic mass is 35.5. The third-order valence-electron chi connectivity index (χ3n) is 2.67. The Morgan fingerprint density at radius 3 is 2.67 bits per heavy atom. The SMILES string of the molecule is COc1cc(NC(=O)C=Cc2cccs2)c(OC)cc1Cl. The molecule has 2 aromatic rings. The highest BCUT2D eigenvalue weighted by Crippen LogP contribution is 2.35. The van der Waals surface area contributed by atoms with Crippen molar-refractivity contribution in [3.8, 4) is 11.5 Å². The summed E-state index contributed by atoms with van der Waals surface area (Å²) >= 11 is 7.57. The Kier molecular flexibility index (Phi) is 5.25. The maximum Gasteiger partial charge on any atom is 0.248 e. The molecule has 1 heterocycles. The van der Waals surface area contributed by atoms with Crippen LogP contribution in [0.15, 0.2) is 35.7 Å². The fourth-order valence-electron chi connectivity index (χ4n) is 1.68. The zero-order valence-corrected chi connectivity index (χ0v) is 13.1. The van der Waals surface area contributed by atoms with Crippen molar-refractivity contribution < 1.29 is 14.3 Å². The number of rotatable bonds is 5. The van der Waals surface area contributed by atoms with Crippen LogP contribution in [-0.4, -0.2) is 20.1 Å². The first-order valence-corrected chi connectivity index (χ1v) is 7.34. The van der Waals surface area contributed by atoms with Gasteiger partial charge in [0.1, 0.15) is 11.5 Å². The summed E-state index contributed by atoms with van der Waals surface area (Å²) in [5, 5.41) is 5.11. The summed E-state index contributed by atoms with van der Waals surface area (Å²) in [5.41, 5.74) is 0.500. The number of amides is 1. The first-order valence-electron chi connectivity index (χ1n) is 6.08. The van der Waals surface area contributed by atoms with E-state index >= 15 is 0 Å². The molecular weight excluding hydrogens is 310 g/mol. The molecule has 1 amide bonds. The lowest BCUT2D eigenvalue weighted by Crippen LogP contribution is -2.09. The number of carbonyl (C=O) groups excluding carboxylic acids is 1. The molecule has 0 fully saturated rings. The molecule has 6 heteroatoms. The van der Waals surface area contributed by atoms with Crippen LogP contribution in [0.2, 0.25) is 5.02 Å². The summed E-state index contributed by atoms with van der Waals surface area (Å²) in [7, 11) is 3.02. The monoisotopic (exact) mass is 323 g/mol. The summed E-state index contributed by atoms with van der Waals surface area (Å²) in [6, 6.07) is 7.08. The predicted octanol–water partition coefficient (Wildman–Crippen LogP) is 4.07. The minimum absolute atomic E-state index is 0.258. The molecule has 4 nitrogen and oxygen atoms in total. The standard InChI is InChI=1S/C15H14ClNO3S/c1-19-13-9-12(14(20-2)8-11(13)16)17-15(18)6-5-10-4-3-7-21-10/h3-9H,1-2H3,(H,17,18). The van der Waals surface area contributed by atoms with Gasteiger partial charge in [0.15, 0.2) is 0 Å². The Bertz CT molecular complexity index is 653. The average Bonchev–Trinajstić information content (AvgIpc) is 2.99. The zero-order chi connectivity index (χ0) is 15.2. The van der Waals surface area contributed by atoms with Gasteiger partial charge in [0.2, 0.25) is 5.91 Å². The normalized spacial score (nSPS) is 10.6. The number of hydrogen-bond donors (Lipinski definition) is 1. The van der Waals surface area contributed by atoms with Crippen LogP contribution in [0, 0.1) is 0 Å². The molecule has 0 saturated heterocycles. The summed E-state index contributed by atoms with van der Waals surface area (Å²) < 4.78 is 10.3. The highest BCUT2D eigenvalue weighted by molar-refractivity contribution is 7.10. The van der Waals surface area contributed by atoms with Crippen molar-refractivity contribution in [2.45, 2.75) is 0 Å². The molecule has 110 valence electrons. The number of anilines is 1. The van der Waals surface area contributed by atoms with E-state index in [9.17, 15) is 4.79 Å². The molecule has 0 saturated carbocycles. The van der Waals surface area contributed by atoms with Crippen molar-refractivity contribution >= 4 is 40.6 Å². The largest absolute Gasteiger partial charge is 0.495 e. The molecule has 0 unspecified atom stereocenters. The van der Waals surface area contributed by atoms with Crippen LogP contribution in [0.1, 0.15) is 4.88 Å². The Labute approximate surface area is 132 Å². The first kappa shape index (κ1) is 15.4. The Balaban J connectivity index is 2.16. The van der Waals surface area contributed by atoms with Gasteiger partial charge in [-0.15, -0.1) is 11.3 Å². The average molecular weight is 324 g/mol. The zero-order valence-electron chi connectivity index (χ0n) is 11.6. The summed E-state index contributed by atoms with van der Waals surface area (Å²) in [5.74, 6) is 0.680. The smallest absolute Gasteiger partial charge is 0.248 e. The van der Waals surface area contributed by atoms with Crippen molar-refractivity contribution in [3.63, 3.8) is 0 Å². The van der Waals surface area contributed by atoms with E-state index in [1.54, 1.807) is 29.5 Å². The predicted molar refractivity (Wildman–Crippen MR) is 86.5 cm³/mol. The minimum Gasteiger partial charge on any atom is -0.495 e. The van der Waals surface area contributed by atoms with Crippen molar-refractivity contribution in [2.75, 3.05) is 19.5 Å². The maximum atomic E-state index is 11.9. The van der Waals surface area contributed by atoms with E-state index in [2.05, 4.69) is 5.32 Å². The van der Waals surface area contributed by atoms with Crippen LogP contribution in [0.25, 0.3) is 6.08 Å². The maximum absolute atomic E-state index is 11.9. The lowest BCUT2D eigenvalue weighted by atomic mass is 10.2. The lowest BCUT2D eigenvalue weighted by Gasteiger charge is -2.12. The molecule has 0 radical (unpaired) electrons. The number of ether oxygens (including phenoxy) is 2.